The van der Waals surface area contributed by atoms with Crippen LogP contribution in [0.15, 0.2) is 60.7 Å². The van der Waals surface area contributed by atoms with Gasteiger partial charge in [0.25, 0.3) is 0 Å². The van der Waals surface area contributed by atoms with Gasteiger partial charge in [-0.15, -0.1) is 12.4 Å². The first-order valence-electron chi connectivity index (χ1n) is 6.19. The molecule has 0 aromatic heterocycles. The molecule has 2 heteroatoms. The minimum atomic E-state index is 0. The van der Waals surface area contributed by atoms with Crippen LogP contribution in [0.2, 0.25) is 0 Å². The van der Waals surface area contributed by atoms with Crippen LogP contribution in [0.4, 0.5) is 0 Å². The van der Waals surface area contributed by atoms with Crippen molar-refractivity contribution < 1.29 is 0 Å². The van der Waals surface area contributed by atoms with Crippen molar-refractivity contribution in [3.05, 3.63) is 71.8 Å². The van der Waals surface area contributed by atoms with E-state index in [-0.39, 0.29) is 12.4 Å². The second-order valence-corrected chi connectivity index (χ2v) is 4.91. The third-order valence-corrected chi connectivity index (χ3v) is 3.70. The third-order valence-electron chi connectivity index (χ3n) is 3.70. The van der Waals surface area contributed by atoms with E-state index in [0.29, 0.717) is 5.41 Å². The van der Waals surface area contributed by atoms with Crippen LogP contribution in [-0.4, -0.2) is 13.1 Å². The highest BCUT2D eigenvalue weighted by Crippen LogP contribution is 2.32. The first-order chi connectivity index (χ1) is 8.39. The highest BCUT2D eigenvalue weighted by molar-refractivity contribution is 5.85. The predicted molar refractivity (Wildman–Crippen MR) is 78.4 cm³/mol. The van der Waals surface area contributed by atoms with Gasteiger partial charge in [-0.3, -0.25) is 0 Å². The molecule has 1 N–H and O–H groups in total. The van der Waals surface area contributed by atoms with Gasteiger partial charge in [-0.05, 0) is 17.5 Å². The molecule has 0 saturated carbocycles. The molecule has 18 heavy (non-hydrogen) atoms. The number of halogens is 1. The summed E-state index contributed by atoms with van der Waals surface area (Å²) in [5, 5.41) is 3.42. The fourth-order valence-corrected chi connectivity index (χ4v) is 2.64. The molecule has 0 radical (unpaired) electrons. The van der Waals surface area contributed by atoms with Crippen LogP contribution in [-0.2, 0) is 11.8 Å². The Balaban J connectivity index is 0.00000120. The first kappa shape index (κ1) is 13.1. The van der Waals surface area contributed by atoms with Crippen LogP contribution in [0.25, 0.3) is 0 Å². The Bertz CT molecular complexity index is 477. The summed E-state index contributed by atoms with van der Waals surface area (Å²) in [6.07, 6.45) is 1.13. The van der Waals surface area contributed by atoms with Gasteiger partial charge in [-0.1, -0.05) is 60.7 Å². The molecular formula is C16H18ClN. The van der Waals surface area contributed by atoms with E-state index >= 15 is 0 Å². The zero-order valence-corrected chi connectivity index (χ0v) is 11.1. The number of benzene rings is 2. The van der Waals surface area contributed by atoms with E-state index in [1.54, 1.807) is 0 Å². The molecule has 1 aliphatic rings. The predicted octanol–water partition coefficient (Wildman–Crippen LogP) is 3.19. The molecule has 1 nitrogen and oxygen atoms in total. The molecule has 0 spiro atoms. The Morgan fingerprint density at radius 3 is 1.89 bits per heavy atom. The second-order valence-electron chi connectivity index (χ2n) is 4.91. The molecule has 2 aromatic rings. The molecule has 0 atom stereocenters. The van der Waals surface area contributed by atoms with E-state index in [2.05, 4.69) is 66.0 Å². The van der Waals surface area contributed by atoms with Crippen LogP contribution in [0, 0.1) is 0 Å². The van der Waals surface area contributed by atoms with Gasteiger partial charge in [-0.2, -0.15) is 0 Å². The van der Waals surface area contributed by atoms with Gasteiger partial charge in [0.15, 0.2) is 0 Å². The molecule has 1 saturated heterocycles. The highest BCUT2D eigenvalue weighted by atomic mass is 35.5. The van der Waals surface area contributed by atoms with Crippen molar-refractivity contribution in [2.75, 3.05) is 13.1 Å². The molecular weight excluding hydrogens is 242 g/mol. The van der Waals surface area contributed by atoms with E-state index in [1.165, 1.54) is 11.1 Å². The van der Waals surface area contributed by atoms with Crippen molar-refractivity contribution in [1.82, 2.24) is 5.32 Å². The molecule has 0 amide bonds. The third kappa shape index (κ3) is 2.43. The van der Waals surface area contributed by atoms with E-state index < -0.39 is 0 Å². The smallest absolute Gasteiger partial charge is 0.0242 e. The molecule has 1 fully saturated rings. The summed E-state index contributed by atoms with van der Waals surface area (Å²) in [6, 6.07) is 21.7. The average molecular weight is 260 g/mol. The van der Waals surface area contributed by atoms with Gasteiger partial charge in [0.05, 0.1) is 0 Å². The summed E-state index contributed by atoms with van der Waals surface area (Å²) in [7, 11) is 0. The maximum absolute atomic E-state index is 3.42. The molecule has 1 aliphatic heterocycles. The minimum Gasteiger partial charge on any atom is -0.315 e. The summed E-state index contributed by atoms with van der Waals surface area (Å²) >= 11 is 0. The summed E-state index contributed by atoms with van der Waals surface area (Å²) in [5.41, 5.74) is 3.20. The van der Waals surface area contributed by atoms with E-state index in [0.717, 1.165) is 19.5 Å². The summed E-state index contributed by atoms with van der Waals surface area (Å²) in [6.45, 7) is 2.18. The number of hydrogen-bond acceptors (Lipinski definition) is 1. The molecule has 2 aromatic carbocycles. The van der Waals surface area contributed by atoms with Crippen LogP contribution >= 0.6 is 12.4 Å². The topological polar surface area (TPSA) is 12.0 Å². The lowest BCUT2D eigenvalue weighted by Gasteiger charge is -2.43. The van der Waals surface area contributed by atoms with Crippen molar-refractivity contribution in [3.63, 3.8) is 0 Å². The van der Waals surface area contributed by atoms with Gasteiger partial charge in [0.1, 0.15) is 0 Å². The van der Waals surface area contributed by atoms with Crippen molar-refractivity contribution in [2.45, 2.75) is 11.8 Å². The van der Waals surface area contributed by atoms with Crippen LogP contribution in [0.1, 0.15) is 11.1 Å². The van der Waals surface area contributed by atoms with Gasteiger partial charge >= 0.3 is 0 Å². The Morgan fingerprint density at radius 1 is 0.833 bits per heavy atom. The standard InChI is InChI=1S/C16H17N.ClH/c1-3-7-14(8-4-1)11-16(12-17-13-16)15-9-5-2-6-10-15;/h1-10,17H,11-13H2;1H. The fourth-order valence-electron chi connectivity index (χ4n) is 2.64. The number of nitrogens with one attached hydrogen (secondary N) is 1. The largest absolute Gasteiger partial charge is 0.315 e. The Morgan fingerprint density at radius 2 is 1.39 bits per heavy atom. The maximum atomic E-state index is 3.42. The summed E-state index contributed by atoms with van der Waals surface area (Å²) in [4.78, 5) is 0. The van der Waals surface area contributed by atoms with Crippen molar-refractivity contribution >= 4 is 12.4 Å². The van der Waals surface area contributed by atoms with E-state index in [9.17, 15) is 0 Å². The molecule has 0 unspecified atom stereocenters. The van der Waals surface area contributed by atoms with Crippen molar-refractivity contribution in [3.8, 4) is 0 Å². The number of rotatable bonds is 3. The molecule has 3 rings (SSSR count). The summed E-state index contributed by atoms with van der Waals surface area (Å²) < 4.78 is 0. The second kappa shape index (κ2) is 5.55. The zero-order valence-electron chi connectivity index (χ0n) is 10.3. The van der Waals surface area contributed by atoms with Crippen LogP contribution in [0.5, 0.6) is 0 Å². The molecule has 1 heterocycles. The first-order valence-corrected chi connectivity index (χ1v) is 6.19. The van der Waals surface area contributed by atoms with Crippen LogP contribution < -0.4 is 5.32 Å². The van der Waals surface area contributed by atoms with Gasteiger partial charge < -0.3 is 5.32 Å². The highest BCUT2D eigenvalue weighted by Gasteiger charge is 2.38. The van der Waals surface area contributed by atoms with E-state index in [4.69, 9.17) is 0 Å². The Hall–Kier alpha value is -1.31. The molecule has 0 aliphatic carbocycles. The Labute approximate surface area is 115 Å². The fraction of sp³-hybridized carbons (Fsp3) is 0.250. The monoisotopic (exact) mass is 259 g/mol. The SMILES string of the molecule is Cl.c1ccc(CC2(c3ccccc3)CNC2)cc1. The maximum Gasteiger partial charge on any atom is 0.0242 e. The zero-order chi connectivity index (χ0) is 11.6. The van der Waals surface area contributed by atoms with Crippen molar-refractivity contribution in [2.24, 2.45) is 0 Å². The molecule has 94 valence electrons. The van der Waals surface area contributed by atoms with Gasteiger partial charge in [-0.25, -0.2) is 0 Å². The average Bonchev–Trinajstić information content (AvgIpc) is 2.36. The minimum absolute atomic E-state index is 0. The quantitative estimate of drug-likeness (QED) is 0.893. The summed E-state index contributed by atoms with van der Waals surface area (Å²) in [5.74, 6) is 0. The van der Waals surface area contributed by atoms with Crippen LogP contribution in [0.3, 0.4) is 0 Å². The van der Waals surface area contributed by atoms with Gasteiger partial charge in [0, 0.05) is 18.5 Å². The lowest BCUT2D eigenvalue weighted by atomic mass is 9.71. The molecule has 0 bridgehead atoms. The van der Waals surface area contributed by atoms with E-state index in [1.807, 2.05) is 0 Å². The Kier molecular flexibility index (Phi) is 4.05. The van der Waals surface area contributed by atoms with Gasteiger partial charge in [0.2, 0.25) is 0 Å². The lowest BCUT2D eigenvalue weighted by Crippen LogP contribution is -2.58. The normalized spacial score (nSPS) is 16.4. The van der Waals surface area contributed by atoms with Crippen molar-refractivity contribution in [1.29, 1.82) is 0 Å². The number of hydrogen-bond donors (Lipinski definition) is 1. The lowest BCUT2D eigenvalue weighted by molar-refractivity contribution is 0.275.